The van der Waals surface area contributed by atoms with Crippen molar-refractivity contribution in [2.75, 3.05) is 11.8 Å². The first kappa shape index (κ1) is 20.4. The Kier molecular flexibility index (Phi) is 5.76. The molecule has 1 N–H and O–H groups in total. The van der Waals surface area contributed by atoms with Crippen molar-refractivity contribution in [1.82, 2.24) is 4.98 Å². The summed E-state index contributed by atoms with van der Waals surface area (Å²) in [7, 11) is -2.19. The monoisotopic (exact) mass is 456 g/mol. The molecule has 0 saturated heterocycles. The molecular weight excluding hydrogens is 440 g/mol. The predicted octanol–water partition coefficient (Wildman–Crippen LogP) is 5.94. The number of halogens is 1. The molecule has 0 bridgehead atoms. The van der Waals surface area contributed by atoms with E-state index in [2.05, 4.69) is 9.71 Å². The fraction of sp³-hybridized carbons (Fsp3) is 0.0455. The number of thiazole rings is 1. The second-order valence-electron chi connectivity index (χ2n) is 6.38. The van der Waals surface area contributed by atoms with Crippen molar-refractivity contribution in [2.45, 2.75) is 4.90 Å². The van der Waals surface area contributed by atoms with E-state index >= 15 is 0 Å². The molecule has 1 aromatic heterocycles. The smallest absolute Gasteiger partial charge is 0.261 e. The molecule has 4 aromatic rings. The summed E-state index contributed by atoms with van der Waals surface area (Å²) >= 11 is 7.76. The number of anilines is 1. The number of nitrogens with one attached hydrogen (secondary N) is 1. The topological polar surface area (TPSA) is 68.3 Å². The summed E-state index contributed by atoms with van der Waals surface area (Å²) in [5, 5.41) is 3.37. The number of rotatable bonds is 6. The number of ether oxygens (including phenoxy) is 1. The molecule has 0 unspecified atom stereocenters. The van der Waals surface area contributed by atoms with Crippen LogP contribution in [0.25, 0.3) is 21.8 Å². The largest absolute Gasteiger partial charge is 0.497 e. The zero-order chi connectivity index (χ0) is 21.1. The van der Waals surface area contributed by atoms with E-state index in [1.807, 2.05) is 35.7 Å². The van der Waals surface area contributed by atoms with E-state index in [9.17, 15) is 8.42 Å². The van der Waals surface area contributed by atoms with E-state index in [1.54, 1.807) is 30.3 Å². The lowest BCUT2D eigenvalue weighted by Crippen LogP contribution is -2.12. The number of methoxy groups -OCH3 is 1. The highest BCUT2D eigenvalue weighted by molar-refractivity contribution is 7.92. The van der Waals surface area contributed by atoms with Crippen molar-refractivity contribution in [3.05, 3.63) is 83.2 Å². The first-order valence-electron chi connectivity index (χ1n) is 8.94. The lowest BCUT2D eigenvalue weighted by molar-refractivity contribution is 0.414. The van der Waals surface area contributed by atoms with Crippen LogP contribution in [0.2, 0.25) is 5.02 Å². The van der Waals surface area contributed by atoms with Gasteiger partial charge in [0.2, 0.25) is 0 Å². The molecule has 0 aliphatic heterocycles. The molecule has 0 radical (unpaired) electrons. The molecule has 1 heterocycles. The van der Waals surface area contributed by atoms with Crippen LogP contribution in [0.4, 0.5) is 5.69 Å². The molecule has 30 heavy (non-hydrogen) atoms. The minimum Gasteiger partial charge on any atom is -0.497 e. The van der Waals surface area contributed by atoms with Crippen LogP contribution in [0.1, 0.15) is 0 Å². The van der Waals surface area contributed by atoms with E-state index in [0.29, 0.717) is 16.5 Å². The Morgan fingerprint density at radius 3 is 2.50 bits per heavy atom. The minimum absolute atomic E-state index is 0.156. The van der Waals surface area contributed by atoms with Gasteiger partial charge in [0.05, 0.1) is 22.7 Å². The molecule has 4 rings (SSSR count). The number of aromatic nitrogens is 1. The van der Waals surface area contributed by atoms with Crippen LogP contribution in [-0.2, 0) is 10.0 Å². The van der Waals surface area contributed by atoms with Crippen molar-refractivity contribution < 1.29 is 13.2 Å². The van der Waals surface area contributed by atoms with E-state index in [4.69, 9.17) is 16.3 Å². The van der Waals surface area contributed by atoms with Gasteiger partial charge in [0.1, 0.15) is 10.8 Å². The lowest BCUT2D eigenvalue weighted by atomic mass is 10.1. The fourth-order valence-electron chi connectivity index (χ4n) is 2.88. The molecule has 152 valence electrons. The molecule has 8 heteroatoms. The Morgan fingerprint density at radius 1 is 1.00 bits per heavy atom. The summed E-state index contributed by atoms with van der Waals surface area (Å²) in [6, 6.07) is 20.9. The average Bonchev–Trinajstić information content (AvgIpc) is 3.24. The Balaban J connectivity index is 1.59. The maximum atomic E-state index is 12.7. The van der Waals surface area contributed by atoms with Gasteiger partial charge in [0.15, 0.2) is 0 Å². The van der Waals surface area contributed by atoms with Gasteiger partial charge in [-0.05, 0) is 42.5 Å². The zero-order valence-corrected chi connectivity index (χ0v) is 18.3. The SMILES string of the molecule is COc1ccc(S(=O)(=O)Nc2cccc(-c3csc(-c4ccccc4Cl)n3)c2)cc1. The maximum Gasteiger partial charge on any atom is 0.261 e. The summed E-state index contributed by atoms with van der Waals surface area (Å²) in [6.07, 6.45) is 0. The van der Waals surface area contributed by atoms with Gasteiger partial charge >= 0.3 is 0 Å². The number of nitrogens with zero attached hydrogens (tertiary/aromatic N) is 1. The Bertz CT molecular complexity index is 1290. The average molecular weight is 457 g/mol. The summed E-state index contributed by atoms with van der Waals surface area (Å²) in [5.74, 6) is 0.591. The number of benzene rings is 3. The van der Waals surface area contributed by atoms with Gasteiger partial charge in [-0.3, -0.25) is 4.72 Å². The lowest BCUT2D eigenvalue weighted by Gasteiger charge is -2.09. The van der Waals surface area contributed by atoms with E-state index in [0.717, 1.165) is 21.8 Å². The normalized spacial score (nSPS) is 11.3. The van der Waals surface area contributed by atoms with Crippen LogP contribution in [0.3, 0.4) is 0 Å². The highest BCUT2D eigenvalue weighted by Crippen LogP contribution is 2.33. The van der Waals surface area contributed by atoms with E-state index in [-0.39, 0.29) is 4.90 Å². The van der Waals surface area contributed by atoms with Crippen LogP contribution in [0.5, 0.6) is 5.75 Å². The maximum absolute atomic E-state index is 12.7. The summed E-state index contributed by atoms with van der Waals surface area (Å²) < 4.78 is 33.1. The predicted molar refractivity (Wildman–Crippen MR) is 122 cm³/mol. The third kappa shape index (κ3) is 4.33. The van der Waals surface area contributed by atoms with Crippen molar-refractivity contribution in [2.24, 2.45) is 0 Å². The molecule has 0 aliphatic carbocycles. The Morgan fingerprint density at radius 2 is 1.77 bits per heavy atom. The molecule has 0 amide bonds. The summed E-state index contributed by atoms with van der Waals surface area (Å²) in [6.45, 7) is 0. The first-order chi connectivity index (χ1) is 14.5. The fourth-order valence-corrected chi connectivity index (χ4v) is 5.07. The summed E-state index contributed by atoms with van der Waals surface area (Å²) in [5.41, 5.74) is 2.88. The second-order valence-corrected chi connectivity index (χ2v) is 9.33. The Labute approximate surface area is 184 Å². The van der Waals surface area contributed by atoms with Crippen LogP contribution >= 0.6 is 22.9 Å². The van der Waals surface area contributed by atoms with Gasteiger partial charge in [-0.25, -0.2) is 13.4 Å². The van der Waals surface area contributed by atoms with Gasteiger partial charge in [0.25, 0.3) is 10.0 Å². The highest BCUT2D eigenvalue weighted by Gasteiger charge is 2.15. The van der Waals surface area contributed by atoms with Crippen molar-refractivity contribution in [3.8, 4) is 27.6 Å². The van der Waals surface area contributed by atoms with E-state index < -0.39 is 10.0 Å². The molecule has 3 aromatic carbocycles. The first-order valence-corrected chi connectivity index (χ1v) is 11.7. The van der Waals surface area contributed by atoms with Gasteiger partial charge < -0.3 is 4.74 Å². The minimum atomic E-state index is -3.72. The Hall–Kier alpha value is -2.87. The van der Waals surface area contributed by atoms with Gasteiger partial charge in [-0.1, -0.05) is 41.9 Å². The number of hydrogen-bond acceptors (Lipinski definition) is 5. The van der Waals surface area contributed by atoms with Crippen molar-refractivity contribution in [3.63, 3.8) is 0 Å². The molecule has 0 saturated carbocycles. The van der Waals surface area contributed by atoms with Crippen molar-refractivity contribution >= 4 is 38.6 Å². The quantitative estimate of drug-likeness (QED) is 0.390. The van der Waals surface area contributed by atoms with Crippen LogP contribution in [0.15, 0.2) is 83.1 Å². The summed E-state index contributed by atoms with van der Waals surface area (Å²) in [4.78, 5) is 4.83. The molecule has 0 atom stereocenters. The van der Waals surface area contributed by atoms with Crippen LogP contribution < -0.4 is 9.46 Å². The molecule has 0 spiro atoms. The third-order valence-electron chi connectivity index (χ3n) is 4.39. The highest BCUT2D eigenvalue weighted by atomic mass is 35.5. The zero-order valence-electron chi connectivity index (χ0n) is 15.9. The number of sulfonamides is 1. The molecule has 0 aliphatic rings. The van der Waals surface area contributed by atoms with Gasteiger partial charge in [-0.2, -0.15) is 0 Å². The third-order valence-corrected chi connectivity index (χ3v) is 6.99. The van der Waals surface area contributed by atoms with Crippen LogP contribution in [0, 0.1) is 0 Å². The molecule has 5 nitrogen and oxygen atoms in total. The van der Waals surface area contributed by atoms with Gasteiger partial charge in [-0.15, -0.1) is 11.3 Å². The molecule has 0 fully saturated rings. The number of hydrogen-bond donors (Lipinski definition) is 1. The van der Waals surface area contributed by atoms with Crippen LogP contribution in [-0.4, -0.2) is 20.5 Å². The second kappa shape index (κ2) is 8.47. The molecular formula is C22H17ClN2O3S2. The van der Waals surface area contributed by atoms with Crippen molar-refractivity contribution in [1.29, 1.82) is 0 Å². The van der Waals surface area contributed by atoms with E-state index in [1.165, 1.54) is 30.6 Å². The van der Waals surface area contributed by atoms with Gasteiger partial charge in [0, 0.05) is 22.2 Å². The standard InChI is InChI=1S/C22H17ClN2O3S2/c1-28-17-9-11-18(12-10-17)30(26,27)25-16-6-4-5-15(13-16)21-14-29-22(24-21)19-7-2-3-8-20(19)23/h2-14,25H,1H3.